The van der Waals surface area contributed by atoms with E-state index in [0.29, 0.717) is 18.3 Å². The number of carboxylic acids is 1. The Morgan fingerprint density at radius 2 is 2.29 bits per heavy atom. The number of carboxylic acid groups (broad SMARTS) is 1. The molecule has 0 fully saturated rings. The molecule has 0 aliphatic carbocycles. The minimum Gasteiger partial charge on any atom is -0.478 e. The minimum absolute atomic E-state index is 0.0383. The van der Waals surface area contributed by atoms with Crippen LogP contribution in [0, 0.1) is 6.92 Å². The molecule has 0 bridgehead atoms. The normalized spacial score (nSPS) is 9.86. The molecule has 0 saturated carbocycles. The van der Waals surface area contributed by atoms with Gasteiger partial charge in [-0.05, 0) is 13.3 Å². The van der Waals surface area contributed by atoms with Crippen molar-refractivity contribution in [3.05, 3.63) is 17.6 Å². The van der Waals surface area contributed by atoms with E-state index in [9.17, 15) is 4.79 Å². The SMILES string of the molecule is CCCOc1cc(C(=O)O)nc(C)n1. The summed E-state index contributed by atoms with van der Waals surface area (Å²) in [4.78, 5) is 18.3. The molecule has 0 aliphatic heterocycles. The molecule has 1 aromatic rings. The highest BCUT2D eigenvalue weighted by molar-refractivity contribution is 5.85. The average molecular weight is 196 g/mol. The molecule has 0 atom stereocenters. The predicted molar refractivity (Wildman–Crippen MR) is 49.5 cm³/mol. The number of rotatable bonds is 4. The lowest BCUT2D eigenvalue weighted by Gasteiger charge is -2.04. The van der Waals surface area contributed by atoms with E-state index in [1.165, 1.54) is 6.07 Å². The van der Waals surface area contributed by atoms with Crippen LogP contribution in [0.3, 0.4) is 0 Å². The maximum absolute atomic E-state index is 10.6. The Bertz CT molecular complexity index is 339. The predicted octanol–water partition coefficient (Wildman–Crippen LogP) is 1.27. The minimum atomic E-state index is -1.07. The van der Waals surface area contributed by atoms with Gasteiger partial charge in [0.15, 0.2) is 5.69 Å². The summed E-state index contributed by atoms with van der Waals surface area (Å²) < 4.78 is 5.21. The Morgan fingerprint density at radius 3 is 2.86 bits per heavy atom. The van der Waals surface area contributed by atoms with Crippen molar-refractivity contribution >= 4 is 5.97 Å². The van der Waals surface area contributed by atoms with Gasteiger partial charge in [-0.2, -0.15) is 4.98 Å². The fourth-order valence-corrected chi connectivity index (χ4v) is 0.930. The molecule has 76 valence electrons. The van der Waals surface area contributed by atoms with Crippen LogP contribution in [0.5, 0.6) is 5.88 Å². The van der Waals surface area contributed by atoms with Crippen molar-refractivity contribution in [3.63, 3.8) is 0 Å². The van der Waals surface area contributed by atoms with Crippen LogP contribution in [0.2, 0.25) is 0 Å². The summed E-state index contributed by atoms with van der Waals surface area (Å²) in [5.74, 6) is -0.357. The smallest absolute Gasteiger partial charge is 0.354 e. The fourth-order valence-electron chi connectivity index (χ4n) is 0.930. The van der Waals surface area contributed by atoms with Gasteiger partial charge in [0.05, 0.1) is 6.61 Å². The van der Waals surface area contributed by atoms with Crippen LogP contribution < -0.4 is 4.74 Å². The molecule has 0 aliphatic rings. The second-order valence-corrected chi connectivity index (χ2v) is 2.79. The third-order valence-electron chi connectivity index (χ3n) is 1.49. The van der Waals surface area contributed by atoms with Gasteiger partial charge < -0.3 is 9.84 Å². The molecule has 1 heterocycles. The largest absolute Gasteiger partial charge is 0.478 e. The first-order valence-corrected chi connectivity index (χ1v) is 4.35. The van der Waals surface area contributed by atoms with Crippen LogP contribution in [0.25, 0.3) is 0 Å². The summed E-state index contributed by atoms with van der Waals surface area (Å²) >= 11 is 0. The molecule has 14 heavy (non-hydrogen) atoms. The number of carbonyl (C=O) groups is 1. The van der Waals surface area contributed by atoms with Gasteiger partial charge in [-0.25, -0.2) is 9.78 Å². The number of hydrogen-bond donors (Lipinski definition) is 1. The lowest BCUT2D eigenvalue weighted by atomic mass is 10.4. The van der Waals surface area contributed by atoms with Crippen LogP contribution in [0.15, 0.2) is 6.07 Å². The van der Waals surface area contributed by atoms with E-state index >= 15 is 0 Å². The number of ether oxygens (including phenoxy) is 1. The summed E-state index contributed by atoms with van der Waals surface area (Å²) in [6, 6.07) is 1.32. The summed E-state index contributed by atoms with van der Waals surface area (Å²) in [7, 11) is 0. The van der Waals surface area contributed by atoms with Crippen LogP contribution in [-0.4, -0.2) is 27.7 Å². The molecule has 0 unspecified atom stereocenters. The zero-order valence-corrected chi connectivity index (χ0v) is 8.15. The standard InChI is InChI=1S/C9H12N2O3/c1-3-4-14-8-5-7(9(12)13)10-6(2)11-8/h5H,3-4H2,1-2H3,(H,12,13). The molecule has 0 spiro atoms. The quantitative estimate of drug-likeness (QED) is 0.785. The van der Waals surface area contributed by atoms with Gasteiger partial charge in [-0.15, -0.1) is 0 Å². The first-order chi connectivity index (χ1) is 6.63. The zero-order valence-electron chi connectivity index (χ0n) is 8.15. The highest BCUT2D eigenvalue weighted by Gasteiger charge is 2.08. The Labute approximate surface area is 81.8 Å². The van der Waals surface area contributed by atoms with Gasteiger partial charge in [0.2, 0.25) is 5.88 Å². The van der Waals surface area contributed by atoms with Crippen molar-refractivity contribution in [2.45, 2.75) is 20.3 Å². The number of aromatic nitrogens is 2. The zero-order chi connectivity index (χ0) is 10.6. The van der Waals surface area contributed by atoms with Gasteiger partial charge in [-0.3, -0.25) is 0 Å². The number of aromatic carboxylic acids is 1. The molecule has 0 aromatic carbocycles. The number of aryl methyl sites for hydroxylation is 1. The first kappa shape index (κ1) is 10.4. The molecule has 0 radical (unpaired) electrons. The van der Waals surface area contributed by atoms with Crippen LogP contribution in [0.4, 0.5) is 0 Å². The van der Waals surface area contributed by atoms with E-state index in [1.807, 2.05) is 6.92 Å². The van der Waals surface area contributed by atoms with Gasteiger partial charge in [0.25, 0.3) is 0 Å². The molecule has 1 aromatic heterocycles. The Kier molecular flexibility index (Phi) is 3.39. The van der Waals surface area contributed by atoms with E-state index in [2.05, 4.69) is 9.97 Å². The van der Waals surface area contributed by atoms with Crippen molar-refractivity contribution in [2.24, 2.45) is 0 Å². The Hall–Kier alpha value is -1.65. The van der Waals surface area contributed by atoms with E-state index in [4.69, 9.17) is 9.84 Å². The second-order valence-electron chi connectivity index (χ2n) is 2.79. The van der Waals surface area contributed by atoms with Crippen LogP contribution >= 0.6 is 0 Å². The molecule has 0 amide bonds. The van der Waals surface area contributed by atoms with E-state index in [0.717, 1.165) is 6.42 Å². The second kappa shape index (κ2) is 4.55. The summed E-state index contributed by atoms with van der Waals surface area (Å²) in [5, 5.41) is 8.71. The highest BCUT2D eigenvalue weighted by atomic mass is 16.5. The van der Waals surface area contributed by atoms with E-state index < -0.39 is 5.97 Å². The maximum Gasteiger partial charge on any atom is 0.354 e. The van der Waals surface area contributed by atoms with Crippen LogP contribution in [-0.2, 0) is 0 Å². The van der Waals surface area contributed by atoms with Crippen molar-refractivity contribution in [3.8, 4) is 5.88 Å². The first-order valence-electron chi connectivity index (χ1n) is 4.35. The van der Waals surface area contributed by atoms with Crippen LogP contribution in [0.1, 0.15) is 29.7 Å². The number of hydrogen-bond acceptors (Lipinski definition) is 4. The van der Waals surface area contributed by atoms with E-state index in [1.54, 1.807) is 6.92 Å². The van der Waals surface area contributed by atoms with Crippen molar-refractivity contribution in [1.29, 1.82) is 0 Å². The van der Waals surface area contributed by atoms with Gasteiger partial charge in [-0.1, -0.05) is 6.92 Å². The monoisotopic (exact) mass is 196 g/mol. The van der Waals surface area contributed by atoms with Gasteiger partial charge in [0, 0.05) is 6.07 Å². The maximum atomic E-state index is 10.6. The summed E-state index contributed by atoms with van der Waals surface area (Å²) in [6.07, 6.45) is 0.853. The average Bonchev–Trinajstić information content (AvgIpc) is 2.14. The molecule has 1 rings (SSSR count). The van der Waals surface area contributed by atoms with E-state index in [-0.39, 0.29) is 5.69 Å². The Balaban J connectivity index is 2.89. The van der Waals surface area contributed by atoms with Crippen molar-refractivity contribution in [2.75, 3.05) is 6.61 Å². The highest BCUT2D eigenvalue weighted by Crippen LogP contribution is 2.09. The molecule has 5 heteroatoms. The summed E-state index contributed by atoms with van der Waals surface area (Å²) in [5.41, 5.74) is -0.0383. The third kappa shape index (κ3) is 2.69. The molecular weight excluding hydrogens is 184 g/mol. The lowest BCUT2D eigenvalue weighted by Crippen LogP contribution is -2.06. The molecule has 5 nitrogen and oxygen atoms in total. The number of nitrogens with zero attached hydrogens (tertiary/aromatic N) is 2. The molecule has 1 N–H and O–H groups in total. The lowest BCUT2D eigenvalue weighted by molar-refractivity contribution is 0.0689. The fraction of sp³-hybridized carbons (Fsp3) is 0.444. The van der Waals surface area contributed by atoms with Crippen molar-refractivity contribution in [1.82, 2.24) is 9.97 Å². The summed E-state index contributed by atoms with van der Waals surface area (Å²) in [6.45, 7) is 4.12. The topological polar surface area (TPSA) is 72.3 Å². The molecular formula is C9H12N2O3. The molecule has 0 saturated heterocycles. The van der Waals surface area contributed by atoms with Gasteiger partial charge >= 0.3 is 5.97 Å². The Morgan fingerprint density at radius 1 is 1.57 bits per heavy atom. The third-order valence-corrected chi connectivity index (χ3v) is 1.49. The van der Waals surface area contributed by atoms with Gasteiger partial charge in [0.1, 0.15) is 5.82 Å². The van der Waals surface area contributed by atoms with Crippen molar-refractivity contribution < 1.29 is 14.6 Å².